The molecule has 37 heavy (non-hydrogen) atoms. The van der Waals surface area contributed by atoms with E-state index in [0.29, 0.717) is 11.8 Å². The lowest BCUT2D eigenvalue weighted by atomic mass is 9.63. The zero-order valence-electron chi connectivity index (χ0n) is 21.6. The highest BCUT2D eigenvalue weighted by atomic mass is 19.1. The van der Waals surface area contributed by atoms with Gasteiger partial charge in [-0.2, -0.15) is 5.26 Å². The van der Waals surface area contributed by atoms with Crippen molar-refractivity contribution < 1.29 is 22.7 Å². The first-order valence-electron chi connectivity index (χ1n) is 13.8. The van der Waals surface area contributed by atoms with Crippen molar-refractivity contribution in [2.45, 2.75) is 89.9 Å². The Hall–Kier alpha value is -2.81. The van der Waals surface area contributed by atoms with E-state index in [1.165, 1.54) is 63.5 Å². The summed E-state index contributed by atoms with van der Waals surface area (Å²) < 4.78 is 49.1. The predicted molar refractivity (Wildman–Crippen MR) is 137 cm³/mol. The van der Waals surface area contributed by atoms with Crippen molar-refractivity contribution in [3.8, 4) is 11.8 Å². The number of carbonyl (C=O) groups is 1. The van der Waals surface area contributed by atoms with Gasteiger partial charge < -0.3 is 4.74 Å². The van der Waals surface area contributed by atoms with Gasteiger partial charge in [-0.05, 0) is 80.0 Å². The first-order chi connectivity index (χ1) is 17.9. The van der Waals surface area contributed by atoms with Gasteiger partial charge in [0.2, 0.25) is 0 Å². The molecule has 0 aromatic heterocycles. The maximum atomic E-state index is 15.1. The van der Waals surface area contributed by atoms with E-state index in [2.05, 4.69) is 6.92 Å². The summed E-state index contributed by atoms with van der Waals surface area (Å²) in [4.78, 5) is 12.5. The third-order valence-electron chi connectivity index (χ3n) is 8.43. The molecule has 2 saturated carbocycles. The number of benzene rings is 2. The number of carbonyl (C=O) groups excluding carboxylic acids is 1. The Morgan fingerprint density at radius 3 is 2.32 bits per heavy atom. The molecule has 3 nitrogen and oxygen atoms in total. The molecule has 4 unspecified atom stereocenters. The van der Waals surface area contributed by atoms with Gasteiger partial charge in [-0.1, -0.05) is 51.9 Å². The molecule has 0 amide bonds. The fraction of sp³-hybridized carbons (Fsp3) is 0.548. The fourth-order valence-corrected chi connectivity index (χ4v) is 6.46. The van der Waals surface area contributed by atoms with Crippen molar-refractivity contribution in [2.24, 2.45) is 17.8 Å². The van der Waals surface area contributed by atoms with Gasteiger partial charge in [0.25, 0.3) is 0 Å². The van der Waals surface area contributed by atoms with Gasteiger partial charge in [0.15, 0.2) is 0 Å². The number of hydrogen-bond acceptors (Lipinski definition) is 3. The lowest BCUT2D eigenvalue weighted by Crippen LogP contribution is -2.31. The maximum Gasteiger partial charge on any atom is 0.343 e. The first kappa shape index (κ1) is 27.2. The summed E-state index contributed by atoms with van der Waals surface area (Å²) in [5.41, 5.74) is -0.388. The molecule has 0 saturated heterocycles. The summed E-state index contributed by atoms with van der Waals surface area (Å²) in [6, 6.07) is 7.06. The van der Waals surface area contributed by atoms with Crippen molar-refractivity contribution >= 4 is 5.97 Å². The number of nitriles is 1. The van der Waals surface area contributed by atoms with Crippen LogP contribution in [0.2, 0.25) is 0 Å². The van der Waals surface area contributed by atoms with Gasteiger partial charge in [0.1, 0.15) is 29.3 Å². The van der Waals surface area contributed by atoms with Crippen LogP contribution in [0.15, 0.2) is 30.3 Å². The van der Waals surface area contributed by atoms with E-state index < -0.39 is 23.4 Å². The SMILES string of the molecule is CCCCCCCC1CCC2CC(c3c(F)cc(C(=O)Oc4ccc(C#N)c(F)c4)cc3F)CCC2C1. The zero-order chi connectivity index (χ0) is 26.4. The van der Waals surface area contributed by atoms with Gasteiger partial charge in [0, 0.05) is 11.6 Å². The molecule has 0 N–H and O–H groups in total. The number of fused-ring (bicyclic) bond motifs is 1. The number of nitrogens with zero attached hydrogens (tertiary/aromatic N) is 1. The number of unbranched alkanes of at least 4 members (excludes halogenated alkanes) is 4. The first-order valence-corrected chi connectivity index (χ1v) is 13.8. The fourth-order valence-electron chi connectivity index (χ4n) is 6.46. The molecule has 0 spiro atoms. The van der Waals surface area contributed by atoms with Gasteiger partial charge >= 0.3 is 5.97 Å². The summed E-state index contributed by atoms with van der Waals surface area (Å²) in [6.07, 6.45) is 14.0. The molecular weight excluding hydrogens is 475 g/mol. The number of hydrogen-bond donors (Lipinski definition) is 0. The van der Waals surface area contributed by atoms with Crippen LogP contribution in [0.3, 0.4) is 0 Å². The minimum Gasteiger partial charge on any atom is -0.423 e. The van der Waals surface area contributed by atoms with Crippen LogP contribution in [0.25, 0.3) is 0 Å². The highest BCUT2D eigenvalue weighted by molar-refractivity contribution is 5.91. The average molecular weight is 512 g/mol. The molecule has 2 fully saturated rings. The van der Waals surface area contributed by atoms with E-state index in [4.69, 9.17) is 10.00 Å². The molecule has 2 aromatic rings. The van der Waals surface area contributed by atoms with Gasteiger partial charge in [0.05, 0.1) is 11.1 Å². The molecule has 4 rings (SSSR count). The summed E-state index contributed by atoms with van der Waals surface area (Å²) in [5.74, 6) is -1.66. The van der Waals surface area contributed by atoms with E-state index in [1.807, 2.05) is 0 Å². The normalized spacial score (nSPS) is 23.2. The number of esters is 1. The molecule has 2 aromatic carbocycles. The molecule has 2 aliphatic carbocycles. The highest BCUT2D eigenvalue weighted by Gasteiger charge is 2.37. The third kappa shape index (κ3) is 6.74. The third-order valence-corrected chi connectivity index (χ3v) is 8.43. The predicted octanol–water partition coefficient (Wildman–Crippen LogP) is 8.86. The monoisotopic (exact) mass is 511 g/mol. The molecular formula is C31H36F3NO2. The zero-order valence-corrected chi connectivity index (χ0v) is 21.6. The van der Waals surface area contributed by atoms with Crippen molar-refractivity contribution in [3.63, 3.8) is 0 Å². The van der Waals surface area contributed by atoms with E-state index in [0.717, 1.165) is 49.8 Å². The van der Waals surface area contributed by atoms with Crippen LogP contribution >= 0.6 is 0 Å². The van der Waals surface area contributed by atoms with E-state index in [9.17, 15) is 9.18 Å². The second-order valence-corrected chi connectivity index (χ2v) is 10.9. The van der Waals surface area contributed by atoms with Gasteiger partial charge in [-0.25, -0.2) is 18.0 Å². The molecule has 198 valence electrons. The number of halogens is 3. The van der Waals surface area contributed by atoms with Crippen LogP contribution in [0, 0.1) is 46.5 Å². The smallest absolute Gasteiger partial charge is 0.343 e. The summed E-state index contributed by atoms with van der Waals surface area (Å²) in [6.45, 7) is 2.24. The molecule has 6 heteroatoms. The average Bonchev–Trinajstić information content (AvgIpc) is 2.88. The Balaban J connectivity index is 1.35. The number of rotatable bonds is 9. The van der Waals surface area contributed by atoms with Crippen molar-refractivity contribution in [3.05, 3.63) is 64.5 Å². The van der Waals surface area contributed by atoms with Crippen LogP contribution in [-0.4, -0.2) is 5.97 Å². The van der Waals surface area contributed by atoms with Crippen molar-refractivity contribution in [2.75, 3.05) is 0 Å². The summed E-state index contributed by atoms with van der Waals surface area (Å²) in [7, 11) is 0. The molecule has 2 aliphatic rings. The molecule has 0 heterocycles. The van der Waals surface area contributed by atoms with E-state index in [1.54, 1.807) is 6.07 Å². The largest absolute Gasteiger partial charge is 0.423 e. The van der Waals surface area contributed by atoms with Gasteiger partial charge in [-0.15, -0.1) is 0 Å². The Morgan fingerprint density at radius 1 is 0.919 bits per heavy atom. The Kier molecular flexibility index (Phi) is 9.29. The van der Waals surface area contributed by atoms with Crippen molar-refractivity contribution in [1.82, 2.24) is 0 Å². The highest BCUT2D eigenvalue weighted by Crippen LogP contribution is 2.49. The second-order valence-electron chi connectivity index (χ2n) is 10.9. The van der Waals surface area contributed by atoms with E-state index >= 15 is 8.78 Å². The van der Waals surface area contributed by atoms with Crippen LogP contribution in [0.4, 0.5) is 13.2 Å². The van der Waals surface area contributed by atoms with Crippen molar-refractivity contribution in [1.29, 1.82) is 5.26 Å². The lowest BCUT2D eigenvalue weighted by molar-refractivity contribution is 0.0733. The minimum atomic E-state index is -0.981. The molecule has 4 atom stereocenters. The lowest BCUT2D eigenvalue weighted by Gasteiger charge is -2.42. The standard InChI is InChI=1S/C31H36F3NO2/c1-2-3-4-5-6-7-20-8-9-22-15-23(11-10-21(22)14-20)30-28(33)16-25(17-29(30)34)31(36)37-26-13-12-24(19-35)27(32)18-26/h12-13,16-18,20-23H,2-11,14-15H2,1H3. The molecule has 0 aliphatic heterocycles. The Labute approximate surface area is 218 Å². The summed E-state index contributed by atoms with van der Waals surface area (Å²) >= 11 is 0. The second kappa shape index (κ2) is 12.6. The van der Waals surface area contributed by atoms with Crippen LogP contribution in [0.5, 0.6) is 5.75 Å². The molecule has 0 bridgehead atoms. The number of ether oxygens (including phenoxy) is 1. The summed E-state index contributed by atoms with van der Waals surface area (Å²) in [5, 5.41) is 8.81. The van der Waals surface area contributed by atoms with E-state index in [-0.39, 0.29) is 28.4 Å². The molecule has 0 radical (unpaired) electrons. The topological polar surface area (TPSA) is 50.1 Å². The maximum absolute atomic E-state index is 15.1. The van der Waals surface area contributed by atoms with Crippen LogP contribution < -0.4 is 4.74 Å². The Morgan fingerprint density at radius 2 is 1.62 bits per heavy atom. The van der Waals surface area contributed by atoms with Gasteiger partial charge in [-0.3, -0.25) is 0 Å². The van der Waals surface area contributed by atoms with Crippen LogP contribution in [-0.2, 0) is 0 Å². The quantitative estimate of drug-likeness (QED) is 0.192. The minimum absolute atomic E-state index is 0.0671. The Bertz CT molecular complexity index is 1120. The van der Waals surface area contributed by atoms with Crippen LogP contribution in [0.1, 0.15) is 111 Å².